The molecule has 0 N–H and O–H groups in total. The third kappa shape index (κ3) is 2.91. The van der Waals surface area contributed by atoms with Crippen LogP contribution in [0.15, 0.2) is 34.5 Å². The summed E-state index contributed by atoms with van der Waals surface area (Å²) >= 11 is 7.44. The SMILES string of the molecule is CCc1nnc(SC)n1/N=C\c1cccc(Cl)c1. The predicted molar refractivity (Wildman–Crippen MR) is 75.6 cm³/mol. The lowest BCUT2D eigenvalue weighted by Gasteiger charge is -2.00. The molecule has 0 aliphatic heterocycles. The van der Waals surface area contributed by atoms with E-state index in [1.807, 2.05) is 37.4 Å². The second-order valence-electron chi connectivity index (χ2n) is 3.57. The molecule has 0 amide bonds. The molecule has 4 nitrogen and oxygen atoms in total. The lowest BCUT2D eigenvalue weighted by molar-refractivity contribution is 0.723. The maximum absolute atomic E-state index is 5.93. The lowest BCUT2D eigenvalue weighted by Crippen LogP contribution is -1.98. The molecule has 0 radical (unpaired) electrons. The summed E-state index contributed by atoms with van der Waals surface area (Å²) in [5, 5.41) is 14.0. The van der Waals surface area contributed by atoms with Crippen molar-refractivity contribution >= 4 is 29.6 Å². The van der Waals surface area contributed by atoms with E-state index in [1.165, 1.54) is 11.8 Å². The Kier molecular flexibility index (Phi) is 4.38. The van der Waals surface area contributed by atoms with Crippen LogP contribution in [-0.2, 0) is 6.42 Å². The number of aromatic nitrogens is 3. The van der Waals surface area contributed by atoms with Crippen molar-refractivity contribution in [3.8, 4) is 0 Å². The summed E-state index contributed by atoms with van der Waals surface area (Å²) in [6.07, 6.45) is 4.50. The normalized spacial score (nSPS) is 11.3. The summed E-state index contributed by atoms with van der Waals surface area (Å²) in [6, 6.07) is 7.54. The van der Waals surface area contributed by atoms with E-state index in [2.05, 4.69) is 15.3 Å². The molecule has 0 unspecified atom stereocenters. The molecule has 2 rings (SSSR count). The van der Waals surface area contributed by atoms with Gasteiger partial charge in [-0.25, -0.2) is 0 Å². The molecular weight excluding hydrogens is 268 g/mol. The number of hydrogen-bond acceptors (Lipinski definition) is 4. The number of benzene rings is 1. The van der Waals surface area contributed by atoms with Crippen LogP contribution in [0, 0.1) is 0 Å². The number of hydrogen-bond donors (Lipinski definition) is 0. The Bertz CT molecular complexity index is 543. The van der Waals surface area contributed by atoms with Gasteiger partial charge in [0.1, 0.15) is 0 Å². The van der Waals surface area contributed by atoms with Gasteiger partial charge in [0.05, 0.1) is 6.21 Å². The van der Waals surface area contributed by atoms with Crippen molar-refractivity contribution in [1.82, 2.24) is 14.9 Å². The van der Waals surface area contributed by atoms with Gasteiger partial charge >= 0.3 is 0 Å². The van der Waals surface area contributed by atoms with Crippen LogP contribution in [0.25, 0.3) is 0 Å². The third-order valence-corrected chi connectivity index (χ3v) is 3.20. The van der Waals surface area contributed by atoms with E-state index in [4.69, 9.17) is 11.6 Å². The summed E-state index contributed by atoms with van der Waals surface area (Å²) in [7, 11) is 0. The van der Waals surface area contributed by atoms with Crippen molar-refractivity contribution in [3.05, 3.63) is 40.7 Å². The van der Waals surface area contributed by atoms with E-state index < -0.39 is 0 Å². The van der Waals surface area contributed by atoms with Crippen molar-refractivity contribution in [2.24, 2.45) is 5.10 Å². The first-order valence-corrected chi connectivity index (χ1v) is 7.13. The highest BCUT2D eigenvalue weighted by Gasteiger charge is 2.07. The average Bonchev–Trinajstić information content (AvgIpc) is 2.78. The molecule has 1 aromatic carbocycles. The number of rotatable bonds is 4. The van der Waals surface area contributed by atoms with Crippen LogP contribution in [0.4, 0.5) is 0 Å². The first-order valence-electron chi connectivity index (χ1n) is 5.52. The number of thioether (sulfide) groups is 1. The van der Waals surface area contributed by atoms with Gasteiger partial charge in [-0.2, -0.15) is 9.78 Å². The van der Waals surface area contributed by atoms with Gasteiger partial charge in [0.2, 0.25) is 5.16 Å². The van der Waals surface area contributed by atoms with Gasteiger partial charge in [-0.1, -0.05) is 42.4 Å². The maximum atomic E-state index is 5.93. The number of halogens is 1. The van der Waals surface area contributed by atoms with Gasteiger partial charge in [0.25, 0.3) is 0 Å². The Labute approximate surface area is 115 Å². The highest BCUT2D eigenvalue weighted by molar-refractivity contribution is 7.98. The van der Waals surface area contributed by atoms with E-state index in [0.717, 1.165) is 23.0 Å². The van der Waals surface area contributed by atoms with Crippen molar-refractivity contribution in [1.29, 1.82) is 0 Å². The zero-order valence-electron chi connectivity index (χ0n) is 10.2. The van der Waals surface area contributed by atoms with Gasteiger partial charge in [-0.15, -0.1) is 10.2 Å². The minimum atomic E-state index is 0.698. The Morgan fingerprint density at radius 3 is 2.94 bits per heavy atom. The molecule has 18 heavy (non-hydrogen) atoms. The first-order chi connectivity index (χ1) is 8.74. The molecule has 2 aromatic rings. The van der Waals surface area contributed by atoms with Crippen LogP contribution in [0.1, 0.15) is 18.3 Å². The Balaban J connectivity index is 2.30. The van der Waals surface area contributed by atoms with E-state index in [0.29, 0.717) is 5.02 Å². The van der Waals surface area contributed by atoms with Gasteiger partial charge in [0, 0.05) is 11.4 Å². The quantitative estimate of drug-likeness (QED) is 0.638. The first kappa shape index (κ1) is 13.1. The topological polar surface area (TPSA) is 43.1 Å². The zero-order chi connectivity index (χ0) is 13.0. The third-order valence-electron chi connectivity index (χ3n) is 2.35. The van der Waals surface area contributed by atoms with Crippen LogP contribution in [0.3, 0.4) is 0 Å². The van der Waals surface area contributed by atoms with Crippen LogP contribution in [-0.4, -0.2) is 27.3 Å². The largest absolute Gasteiger partial charge is 0.211 e. The molecule has 0 fully saturated rings. The molecule has 0 atom stereocenters. The standard InChI is InChI=1S/C12H13ClN4S/c1-3-11-15-16-12(18-2)17(11)14-8-9-5-4-6-10(13)7-9/h4-8H,3H2,1-2H3/b14-8-. The van der Waals surface area contributed by atoms with Gasteiger partial charge in [-0.05, 0) is 24.0 Å². The zero-order valence-corrected chi connectivity index (χ0v) is 11.7. The molecule has 1 heterocycles. The summed E-state index contributed by atoms with van der Waals surface area (Å²) in [5.74, 6) is 0.845. The van der Waals surface area contributed by atoms with Crippen LogP contribution in [0.2, 0.25) is 5.02 Å². The molecular formula is C12H13ClN4S. The average molecular weight is 281 g/mol. The fraction of sp³-hybridized carbons (Fsp3) is 0.250. The maximum Gasteiger partial charge on any atom is 0.211 e. The van der Waals surface area contributed by atoms with Gasteiger partial charge < -0.3 is 0 Å². The summed E-state index contributed by atoms with van der Waals surface area (Å²) in [5.41, 5.74) is 0.949. The van der Waals surface area contributed by atoms with Crippen LogP contribution >= 0.6 is 23.4 Å². The fourth-order valence-corrected chi connectivity index (χ4v) is 2.12. The molecule has 94 valence electrons. The molecule has 1 aromatic heterocycles. The number of nitrogens with zero attached hydrogens (tertiary/aromatic N) is 4. The van der Waals surface area contributed by atoms with E-state index in [-0.39, 0.29) is 0 Å². The lowest BCUT2D eigenvalue weighted by atomic mass is 10.2. The molecule has 0 saturated heterocycles. The second kappa shape index (κ2) is 6.02. The van der Waals surface area contributed by atoms with E-state index in [1.54, 1.807) is 10.9 Å². The number of aryl methyl sites for hydroxylation is 1. The molecule has 0 aliphatic rings. The minimum absolute atomic E-state index is 0.698. The summed E-state index contributed by atoms with van der Waals surface area (Å²) < 4.78 is 1.76. The molecule has 6 heteroatoms. The van der Waals surface area contributed by atoms with Gasteiger partial charge in [0.15, 0.2) is 5.82 Å². The fourth-order valence-electron chi connectivity index (χ4n) is 1.47. The second-order valence-corrected chi connectivity index (χ2v) is 4.78. The van der Waals surface area contributed by atoms with Crippen molar-refractivity contribution in [3.63, 3.8) is 0 Å². The predicted octanol–water partition coefficient (Wildman–Crippen LogP) is 3.10. The molecule has 0 bridgehead atoms. The Morgan fingerprint density at radius 1 is 1.44 bits per heavy atom. The molecule has 0 spiro atoms. The molecule has 0 saturated carbocycles. The van der Waals surface area contributed by atoms with Crippen LogP contribution in [0.5, 0.6) is 0 Å². The Hall–Kier alpha value is -1.33. The van der Waals surface area contributed by atoms with Crippen molar-refractivity contribution in [2.45, 2.75) is 18.5 Å². The van der Waals surface area contributed by atoms with Gasteiger partial charge in [-0.3, -0.25) is 0 Å². The van der Waals surface area contributed by atoms with Crippen LogP contribution < -0.4 is 0 Å². The van der Waals surface area contributed by atoms with Crippen molar-refractivity contribution in [2.75, 3.05) is 6.26 Å². The Morgan fingerprint density at radius 2 is 2.28 bits per heavy atom. The van der Waals surface area contributed by atoms with Crippen molar-refractivity contribution < 1.29 is 0 Å². The highest BCUT2D eigenvalue weighted by Crippen LogP contribution is 2.14. The molecule has 0 aliphatic carbocycles. The highest BCUT2D eigenvalue weighted by atomic mass is 35.5. The monoisotopic (exact) mass is 280 g/mol. The smallest absolute Gasteiger partial charge is 0.192 e. The van der Waals surface area contributed by atoms with E-state index in [9.17, 15) is 0 Å². The summed E-state index contributed by atoms with van der Waals surface area (Å²) in [6.45, 7) is 2.03. The summed E-state index contributed by atoms with van der Waals surface area (Å²) in [4.78, 5) is 0. The van der Waals surface area contributed by atoms with E-state index >= 15 is 0 Å². The minimum Gasteiger partial charge on any atom is -0.192 e.